The Balaban J connectivity index is 0.00000176. The SMILES string of the molecule is Br.CN1CCOC(O)(c2ccc(-c3ccc(Br)cc3)cc2)C1. The molecule has 0 spiro atoms. The van der Waals surface area contributed by atoms with Crippen LogP contribution >= 0.6 is 32.9 Å². The van der Waals surface area contributed by atoms with E-state index in [1.165, 1.54) is 0 Å². The molecule has 3 rings (SSSR count). The summed E-state index contributed by atoms with van der Waals surface area (Å²) in [6, 6.07) is 16.1. The Kier molecular flexibility index (Phi) is 5.80. The van der Waals surface area contributed by atoms with E-state index in [2.05, 4.69) is 33.0 Å². The third-order valence-electron chi connectivity index (χ3n) is 3.81. The van der Waals surface area contributed by atoms with Crippen molar-refractivity contribution in [1.29, 1.82) is 0 Å². The fraction of sp³-hybridized carbons (Fsp3) is 0.294. The zero-order chi connectivity index (χ0) is 14.9. The minimum absolute atomic E-state index is 0. The quantitative estimate of drug-likeness (QED) is 0.789. The predicted molar refractivity (Wildman–Crippen MR) is 97.2 cm³/mol. The largest absolute Gasteiger partial charge is 0.361 e. The van der Waals surface area contributed by atoms with Crippen LogP contribution in [-0.2, 0) is 10.5 Å². The average molecular weight is 429 g/mol. The molecular formula is C17H19Br2NO2. The van der Waals surface area contributed by atoms with E-state index in [1.54, 1.807) is 0 Å². The van der Waals surface area contributed by atoms with Gasteiger partial charge in [-0.1, -0.05) is 52.3 Å². The number of rotatable bonds is 2. The van der Waals surface area contributed by atoms with E-state index in [9.17, 15) is 5.11 Å². The van der Waals surface area contributed by atoms with Crippen molar-refractivity contribution in [3.8, 4) is 11.1 Å². The Bertz CT molecular complexity index is 616. The van der Waals surface area contributed by atoms with E-state index in [4.69, 9.17) is 4.74 Å². The van der Waals surface area contributed by atoms with Gasteiger partial charge in [0.15, 0.2) is 0 Å². The molecule has 1 saturated heterocycles. The van der Waals surface area contributed by atoms with Crippen LogP contribution in [0.4, 0.5) is 0 Å². The van der Waals surface area contributed by atoms with Gasteiger partial charge in [-0.15, -0.1) is 17.0 Å². The van der Waals surface area contributed by atoms with Gasteiger partial charge in [-0.05, 0) is 30.3 Å². The number of hydrogen-bond acceptors (Lipinski definition) is 3. The van der Waals surface area contributed by atoms with Crippen molar-refractivity contribution in [2.45, 2.75) is 5.79 Å². The lowest BCUT2D eigenvalue weighted by Crippen LogP contribution is -2.48. The molecule has 0 aliphatic carbocycles. The fourth-order valence-electron chi connectivity index (χ4n) is 2.60. The van der Waals surface area contributed by atoms with Crippen LogP contribution in [0.5, 0.6) is 0 Å². The van der Waals surface area contributed by atoms with Crippen LogP contribution in [0.2, 0.25) is 0 Å². The molecule has 1 fully saturated rings. The summed E-state index contributed by atoms with van der Waals surface area (Å²) in [6.45, 7) is 1.88. The highest BCUT2D eigenvalue weighted by Gasteiger charge is 2.34. The third-order valence-corrected chi connectivity index (χ3v) is 4.34. The Labute approximate surface area is 149 Å². The van der Waals surface area contributed by atoms with Gasteiger partial charge in [0.25, 0.3) is 0 Å². The third kappa shape index (κ3) is 3.78. The zero-order valence-corrected chi connectivity index (χ0v) is 15.6. The molecule has 2 aromatic carbocycles. The highest BCUT2D eigenvalue weighted by molar-refractivity contribution is 9.10. The van der Waals surface area contributed by atoms with Gasteiger partial charge in [0.05, 0.1) is 13.2 Å². The van der Waals surface area contributed by atoms with Crippen LogP contribution in [0.3, 0.4) is 0 Å². The van der Waals surface area contributed by atoms with Gasteiger partial charge in [0, 0.05) is 16.6 Å². The maximum absolute atomic E-state index is 10.6. The molecule has 1 aliphatic rings. The molecule has 0 amide bonds. The zero-order valence-electron chi connectivity index (χ0n) is 12.3. The van der Waals surface area contributed by atoms with Crippen LogP contribution in [0.15, 0.2) is 53.0 Å². The predicted octanol–water partition coefficient (Wildman–Crippen LogP) is 3.80. The average Bonchev–Trinajstić information content (AvgIpc) is 2.48. The molecule has 1 atom stereocenters. The lowest BCUT2D eigenvalue weighted by molar-refractivity contribution is -0.245. The molecule has 22 heavy (non-hydrogen) atoms. The first kappa shape index (κ1) is 17.6. The summed E-state index contributed by atoms with van der Waals surface area (Å²) < 4.78 is 6.66. The molecule has 3 nitrogen and oxygen atoms in total. The Morgan fingerprint density at radius 3 is 2.14 bits per heavy atom. The van der Waals surface area contributed by atoms with Crippen LogP contribution in [0.1, 0.15) is 5.56 Å². The monoisotopic (exact) mass is 427 g/mol. The van der Waals surface area contributed by atoms with Crippen LogP contribution in [0.25, 0.3) is 11.1 Å². The van der Waals surface area contributed by atoms with Crippen LogP contribution in [-0.4, -0.2) is 36.8 Å². The first-order valence-corrected chi connectivity index (χ1v) is 7.77. The van der Waals surface area contributed by atoms with Gasteiger partial charge in [-0.25, -0.2) is 0 Å². The van der Waals surface area contributed by atoms with Gasteiger partial charge < -0.3 is 9.84 Å². The van der Waals surface area contributed by atoms with Gasteiger partial charge in [-0.2, -0.15) is 0 Å². The lowest BCUT2D eigenvalue weighted by atomic mass is 9.99. The standard InChI is InChI=1S/C17H18BrNO2.BrH/c1-19-10-11-21-17(20,12-19)15-6-2-13(3-7-15)14-4-8-16(18)9-5-14;/h2-9,20H,10-12H2,1H3;1H. The summed E-state index contributed by atoms with van der Waals surface area (Å²) in [4.78, 5) is 2.08. The molecule has 2 aromatic rings. The number of aliphatic hydroxyl groups is 1. The normalized spacial score (nSPS) is 22.1. The number of likely N-dealkylation sites (N-methyl/N-ethyl adjacent to an activating group) is 1. The van der Waals surface area contributed by atoms with Crippen molar-refractivity contribution < 1.29 is 9.84 Å². The molecule has 0 saturated carbocycles. The fourth-order valence-corrected chi connectivity index (χ4v) is 2.87. The summed E-state index contributed by atoms with van der Waals surface area (Å²) in [5, 5.41) is 10.6. The molecule has 0 radical (unpaired) electrons. The number of benzene rings is 2. The molecule has 1 aliphatic heterocycles. The van der Waals surface area contributed by atoms with Gasteiger partial charge >= 0.3 is 0 Å². The number of hydrogen-bond donors (Lipinski definition) is 1. The van der Waals surface area contributed by atoms with Gasteiger partial charge in [0.2, 0.25) is 5.79 Å². The highest BCUT2D eigenvalue weighted by atomic mass is 79.9. The van der Waals surface area contributed by atoms with E-state index in [0.717, 1.165) is 27.7 Å². The van der Waals surface area contributed by atoms with Crippen LogP contribution < -0.4 is 0 Å². The first-order chi connectivity index (χ1) is 10.1. The number of halogens is 2. The highest BCUT2D eigenvalue weighted by Crippen LogP contribution is 2.29. The molecule has 1 unspecified atom stereocenters. The van der Waals surface area contributed by atoms with E-state index in [1.807, 2.05) is 43.4 Å². The molecule has 1 N–H and O–H groups in total. The van der Waals surface area contributed by atoms with Crippen LogP contribution in [0, 0.1) is 0 Å². The number of morpholine rings is 1. The molecule has 0 aromatic heterocycles. The molecular weight excluding hydrogens is 410 g/mol. The molecule has 1 heterocycles. The summed E-state index contributed by atoms with van der Waals surface area (Å²) in [6.07, 6.45) is 0. The second kappa shape index (κ2) is 7.23. The number of nitrogens with zero attached hydrogens (tertiary/aromatic N) is 1. The van der Waals surface area contributed by atoms with Gasteiger partial charge in [0.1, 0.15) is 0 Å². The molecule has 118 valence electrons. The Hall–Kier alpha value is -0.720. The van der Waals surface area contributed by atoms with Crippen molar-refractivity contribution >= 4 is 32.9 Å². The Morgan fingerprint density at radius 2 is 1.59 bits per heavy atom. The van der Waals surface area contributed by atoms with Gasteiger partial charge in [-0.3, -0.25) is 4.90 Å². The minimum Gasteiger partial charge on any atom is -0.361 e. The van der Waals surface area contributed by atoms with Crippen molar-refractivity contribution in [1.82, 2.24) is 4.90 Å². The van der Waals surface area contributed by atoms with E-state index >= 15 is 0 Å². The molecule has 5 heteroatoms. The number of β-amino-alcohol motifs (C(OH)–C–C–N with tert-alkyl or cyclic N) is 1. The van der Waals surface area contributed by atoms with Crippen molar-refractivity contribution in [3.05, 3.63) is 58.6 Å². The maximum Gasteiger partial charge on any atom is 0.205 e. The summed E-state index contributed by atoms with van der Waals surface area (Å²) in [5.41, 5.74) is 3.08. The topological polar surface area (TPSA) is 32.7 Å². The van der Waals surface area contributed by atoms with E-state index in [0.29, 0.717) is 13.2 Å². The van der Waals surface area contributed by atoms with Crippen molar-refractivity contribution in [3.63, 3.8) is 0 Å². The second-order valence-corrected chi connectivity index (χ2v) is 6.37. The summed E-state index contributed by atoms with van der Waals surface area (Å²) in [7, 11) is 1.99. The second-order valence-electron chi connectivity index (χ2n) is 5.45. The summed E-state index contributed by atoms with van der Waals surface area (Å²) in [5.74, 6) is -1.20. The maximum atomic E-state index is 10.6. The smallest absolute Gasteiger partial charge is 0.205 e. The van der Waals surface area contributed by atoms with Crippen molar-refractivity contribution in [2.24, 2.45) is 0 Å². The minimum atomic E-state index is -1.20. The number of ether oxygens (including phenoxy) is 1. The summed E-state index contributed by atoms with van der Waals surface area (Å²) >= 11 is 3.44. The Morgan fingerprint density at radius 1 is 1.05 bits per heavy atom. The first-order valence-electron chi connectivity index (χ1n) is 6.98. The van der Waals surface area contributed by atoms with E-state index in [-0.39, 0.29) is 17.0 Å². The molecule has 0 bridgehead atoms. The lowest BCUT2D eigenvalue weighted by Gasteiger charge is -2.37. The van der Waals surface area contributed by atoms with Crippen molar-refractivity contribution in [2.75, 3.05) is 26.7 Å². The van der Waals surface area contributed by atoms with E-state index < -0.39 is 5.79 Å².